The molecule has 0 saturated carbocycles. The molecule has 0 spiro atoms. The van der Waals surface area contributed by atoms with Crippen LogP contribution in [0.15, 0.2) is 96.2 Å². The summed E-state index contributed by atoms with van der Waals surface area (Å²) in [6, 6.07) is 31.0. The number of hydrogen-bond acceptors (Lipinski definition) is 4. The molecule has 0 aliphatic rings. The van der Waals surface area contributed by atoms with Crippen molar-refractivity contribution in [3.63, 3.8) is 0 Å². The molecule has 0 radical (unpaired) electrons. The maximum Gasteiger partial charge on any atom is 0.231 e. The number of tetrazole rings is 1. The standard InChI is InChI=1S/C21H18N4S/c1-26-20-22-24-25(23-20)21(17-11-5-2-6-12-17,18-13-7-3-8-14-18)19-15-9-4-10-16-19/h2-16H,1H3. The lowest BCUT2D eigenvalue weighted by Crippen LogP contribution is -2.39. The zero-order chi connectivity index (χ0) is 17.8. The summed E-state index contributed by atoms with van der Waals surface area (Å²) in [5, 5.41) is 14.0. The van der Waals surface area contributed by atoms with Crippen molar-refractivity contribution in [1.29, 1.82) is 0 Å². The molecule has 0 saturated heterocycles. The maximum atomic E-state index is 4.69. The van der Waals surface area contributed by atoms with Crippen molar-refractivity contribution in [2.75, 3.05) is 6.26 Å². The Labute approximate surface area is 156 Å². The fourth-order valence-corrected chi connectivity index (χ4v) is 3.59. The van der Waals surface area contributed by atoms with Crippen LogP contribution in [0.5, 0.6) is 0 Å². The molecule has 128 valence electrons. The van der Waals surface area contributed by atoms with Crippen LogP contribution in [-0.4, -0.2) is 26.5 Å². The van der Waals surface area contributed by atoms with E-state index in [4.69, 9.17) is 0 Å². The summed E-state index contributed by atoms with van der Waals surface area (Å²) in [6.45, 7) is 0. The Balaban J connectivity index is 2.10. The van der Waals surface area contributed by atoms with E-state index in [0.717, 1.165) is 16.7 Å². The first-order valence-electron chi connectivity index (χ1n) is 8.37. The second-order valence-electron chi connectivity index (χ2n) is 5.87. The van der Waals surface area contributed by atoms with Gasteiger partial charge in [0, 0.05) is 0 Å². The van der Waals surface area contributed by atoms with E-state index in [1.807, 2.05) is 60.9 Å². The summed E-state index contributed by atoms with van der Waals surface area (Å²) >= 11 is 1.49. The molecule has 0 N–H and O–H groups in total. The van der Waals surface area contributed by atoms with Gasteiger partial charge in [-0.25, -0.2) is 0 Å². The van der Waals surface area contributed by atoms with E-state index in [-0.39, 0.29) is 0 Å². The number of nitrogens with zero attached hydrogens (tertiary/aromatic N) is 4. The molecule has 1 heterocycles. The predicted octanol–water partition coefficient (Wildman–Crippen LogP) is 4.24. The van der Waals surface area contributed by atoms with Crippen molar-refractivity contribution in [2.45, 2.75) is 10.7 Å². The molecule has 0 atom stereocenters. The molecule has 0 fully saturated rings. The Kier molecular flexibility index (Phi) is 4.54. The van der Waals surface area contributed by atoms with Crippen molar-refractivity contribution in [3.05, 3.63) is 108 Å². The fourth-order valence-electron chi connectivity index (χ4n) is 3.31. The molecule has 4 rings (SSSR count). The van der Waals surface area contributed by atoms with Gasteiger partial charge in [-0.15, -0.1) is 15.0 Å². The third-order valence-corrected chi connectivity index (χ3v) is 4.98. The van der Waals surface area contributed by atoms with Crippen LogP contribution in [0.25, 0.3) is 0 Å². The monoisotopic (exact) mass is 358 g/mol. The molecule has 0 unspecified atom stereocenters. The van der Waals surface area contributed by atoms with E-state index in [1.165, 1.54) is 11.8 Å². The molecule has 0 bridgehead atoms. The first kappa shape index (κ1) is 16.5. The van der Waals surface area contributed by atoms with Gasteiger partial charge in [0.1, 0.15) is 0 Å². The van der Waals surface area contributed by atoms with Gasteiger partial charge in [-0.05, 0) is 28.2 Å². The number of rotatable bonds is 5. The van der Waals surface area contributed by atoms with Crippen molar-refractivity contribution in [3.8, 4) is 0 Å². The van der Waals surface area contributed by atoms with Crippen LogP contribution in [0.3, 0.4) is 0 Å². The Morgan fingerprint density at radius 3 is 1.46 bits per heavy atom. The number of hydrogen-bond donors (Lipinski definition) is 0. The molecule has 0 aliphatic heterocycles. The largest absolute Gasteiger partial charge is 0.231 e. The number of thioether (sulfide) groups is 1. The summed E-state index contributed by atoms with van der Waals surface area (Å²) < 4.78 is 0. The Morgan fingerprint density at radius 1 is 0.692 bits per heavy atom. The highest BCUT2D eigenvalue weighted by Crippen LogP contribution is 2.39. The summed E-state index contributed by atoms with van der Waals surface area (Å²) in [5.41, 5.74) is 2.57. The van der Waals surface area contributed by atoms with Gasteiger partial charge in [0.2, 0.25) is 5.16 Å². The maximum absolute atomic E-state index is 4.69. The quantitative estimate of drug-likeness (QED) is 0.395. The zero-order valence-electron chi connectivity index (χ0n) is 14.4. The van der Waals surface area contributed by atoms with Gasteiger partial charge in [0.25, 0.3) is 0 Å². The van der Waals surface area contributed by atoms with Crippen molar-refractivity contribution >= 4 is 11.8 Å². The Morgan fingerprint density at radius 2 is 1.12 bits per heavy atom. The van der Waals surface area contributed by atoms with Crippen molar-refractivity contribution in [2.24, 2.45) is 0 Å². The van der Waals surface area contributed by atoms with Crippen LogP contribution in [-0.2, 0) is 5.54 Å². The minimum Gasteiger partial charge on any atom is -0.143 e. The smallest absolute Gasteiger partial charge is 0.143 e. The highest BCUT2D eigenvalue weighted by atomic mass is 32.2. The van der Waals surface area contributed by atoms with Crippen LogP contribution in [0, 0.1) is 0 Å². The summed E-state index contributed by atoms with van der Waals surface area (Å²) in [4.78, 5) is 1.73. The van der Waals surface area contributed by atoms with Gasteiger partial charge in [0.05, 0.1) is 0 Å². The highest BCUT2D eigenvalue weighted by molar-refractivity contribution is 7.98. The minimum absolute atomic E-state index is 0.650. The van der Waals surface area contributed by atoms with E-state index in [0.29, 0.717) is 5.16 Å². The third kappa shape index (κ3) is 2.70. The first-order chi connectivity index (χ1) is 12.9. The lowest BCUT2D eigenvalue weighted by molar-refractivity contribution is 0.393. The predicted molar refractivity (Wildman–Crippen MR) is 104 cm³/mol. The number of aromatic nitrogens is 4. The summed E-state index contributed by atoms with van der Waals surface area (Å²) in [6.07, 6.45) is 1.95. The average Bonchev–Trinajstić information content (AvgIpc) is 3.21. The molecule has 3 aromatic carbocycles. The molecule has 26 heavy (non-hydrogen) atoms. The Hall–Kier alpha value is -2.92. The van der Waals surface area contributed by atoms with Gasteiger partial charge in [-0.3, -0.25) is 0 Å². The lowest BCUT2D eigenvalue weighted by atomic mass is 9.77. The third-order valence-electron chi connectivity index (χ3n) is 4.45. The lowest BCUT2D eigenvalue weighted by Gasteiger charge is -2.34. The van der Waals surface area contributed by atoms with Crippen molar-refractivity contribution in [1.82, 2.24) is 20.2 Å². The molecule has 0 aliphatic carbocycles. The molecule has 5 heteroatoms. The van der Waals surface area contributed by atoms with Crippen LogP contribution >= 0.6 is 11.8 Å². The summed E-state index contributed by atoms with van der Waals surface area (Å²) in [5.74, 6) is 0. The van der Waals surface area contributed by atoms with Crippen LogP contribution < -0.4 is 0 Å². The minimum atomic E-state index is -0.690. The average molecular weight is 358 g/mol. The van der Waals surface area contributed by atoms with Crippen LogP contribution in [0.1, 0.15) is 16.7 Å². The van der Waals surface area contributed by atoms with Gasteiger partial charge >= 0.3 is 0 Å². The van der Waals surface area contributed by atoms with E-state index in [2.05, 4.69) is 51.8 Å². The second-order valence-corrected chi connectivity index (χ2v) is 6.65. The molecule has 0 amide bonds. The molecular formula is C21H18N4S. The topological polar surface area (TPSA) is 43.6 Å². The zero-order valence-corrected chi connectivity index (χ0v) is 15.2. The number of benzene rings is 3. The van der Waals surface area contributed by atoms with E-state index >= 15 is 0 Å². The molecular weight excluding hydrogens is 340 g/mol. The van der Waals surface area contributed by atoms with E-state index in [1.54, 1.807) is 4.80 Å². The van der Waals surface area contributed by atoms with E-state index < -0.39 is 5.54 Å². The molecule has 4 aromatic rings. The molecule has 4 nitrogen and oxygen atoms in total. The summed E-state index contributed by atoms with van der Waals surface area (Å²) in [7, 11) is 0. The van der Waals surface area contributed by atoms with Gasteiger partial charge in [-0.2, -0.15) is 0 Å². The van der Waals surface area contributed by atoms with Crippen LogP contribution in [0.4, 0.5) is 0 Å². The highest BCUT2D eigenvalue weighted by Gasteiger charge is 2.41. The normalized spacial score (nSPS) is 11.4. The van der Waals surface area contributed by atoms with Gasteiger partial charge in [0.15, 0.2) is 5.54 Å². The Bertz CT molecular complexity index is 872. The van der Waals surface area contributed by atoms with E-state index in [9.17, 15) is 0 Å². The second kappa shape index (κ2) is 7.14. The van der Waals surface area contributed by atoms with Crippen LogP contribution in [0.2, 0.25) is 0 Å². The van der Waals surface area contributed by atoms with Crippen molar-refractivity contribution < 1.29 is 0 Å². The SMILES string of the molecule is CSc1nnn(C(c2ccccc2)(c2ccccc2)c2ccccc2)n1. The first-order valence-corrected chi connectivity index (χ1v) is 9.59. The van der Waals surface area contributed by atoms with Gasteiger partial charge < -0.3 is 0 Å². The van der Waals surface area contributed by atoms with Gasteiger partial charge in [-0.1, -0.05) is 103 Å². The fraction of sp³-hybridized carbons (Fsp3) is 0.0952. The molecule has 1 aromatic heterocycles.